The Kier molecular flexibility index (Phi) is 3.53. The lowest BCUT2D eigenvalue weighted by atomic mass is 10.3. The molecule has 0 N–H and O–H groups in total. The van der Waals surface area contributed by atoms with Crippen LogP contribution in [0.3, 0.4) is 0 Å². The first-order chi connectivity index (χ1) is 10.1. The van der Waals surface area contributed by atoms with Gasteiger partial charge in [0.1, 0.15) is 5.56 Å². The number of hydrogen-bond acceptors (Lipinski definition) is 7. The monoisotopic (exact) mass is 304 g/mol. The molecule has 0 spiro atoms. The number of aromatic nitrogens is 4. The van der Waals surface area contributed by atoms with Crippen LogP contribution in [-0.2, 0) is 18.4 Å². The Bertz CT molecular complexity index is 760. The van der Waals surface area contributed by atoms with Gasteiger partial charge in [0.25, 0.3) is 5.89 Å². The normalized spacial score (nSPS) is 10.8. The summed E-state index contributed by atoms with van der Waals surface area (Å²) in [5, 5.41) is 9.71. The summed E-state index contributed by atoms with van der Waals surface area (Å²) < 4.78 is 11.9. The molecule has 108 valence electrons. The molecule has 0 amide bonds. The van der Waals surface area contributed by atoms with E-state index >= 15 is 0 Å². The molecule has 0 aromatic carbocycles. The molecule has 3 heterocycles. The number of aryl methyl sites for hydroxylation is 1. The third-order valence-electron chi connectivity index (χ3n) is 2.99. The molecule has 0 bridgehead atoms. The highest BCUT2D eigenvalue weighted by Gasteiger charge is 2.16. The molecule has 0 radical (unpaired) electrons. The molecular formula is C13H12N4O3S. The van der Waals surface area contributed by atoms with Crippen LogP contribution in [0.15, 0.2) is 28.2 Å². The zero-order valence-electron chi connectivity index (χ0n) is 11.4. The standard InChI is InChI=1S/C13H12N4O3S/c1-8-9(6-14-17(8)2)13(18)19-7-11-15-12(20-16-11)10-4-3-5-21-10/h3-6H,7H2,1-2H3. The fraction of sp³-hybridized carbons (Fsp3) is 0.231. The van der Waals surface area contributed by atoms with Crippen molar-refractivity contribution in [3.63, 3.8) is 0 Å². The highest BCUT2D eigenvalue weighted by molar-refractivity contribution is 7.13. The highest BCUT2D eigenvalue weighted by atomic mass is 32.1. The summed E-state index contributed by atoms with van der Waals surface area (Å²) in [6, 6.07) is 3.78. The van der Waals surface area contributed by atoms with Crippen molar-refractivity contribution in [2.24, 2.45) is 7.05 Å². The second-order valence-electron chi connectivity index (χ2n) is 4.34. The molecule has 0 fully saturated rings. The lowest BCUT2D eigenvalue weighted by Crippen LogP contribution is -2.07. The number of nitrogens with zero attached hydrogens (tertiary/aromatic N) is 4. The molecule has 7 nitrogen and oxygen atoms in total. The van der Waals surface area contributed by atoms with Crippen LogP contribution in [0.2, 0.25) is 0 Å². The molecule has 3 aromatic heterocycles. The third-order valence-corrected chi connectivity index (χ3v) is 3.85. The Morgan fingerprint density at radius 1 is 1.52 bits per heavy atom. The van der Waals surface area contributed by atoms with Crippen LogP contribution in [0.1, 0.15) is 21.9 Å². The van der Waals surface area contributed by atoms with Crippen LogP contribution >= 0.6 is 11.3 Å². The molecule has 0 atom stereocenters. The predicted molar refractivity (Wildman–Crippen MR) is 74.7 cm³/mol. The smallest absolute Gasteiger partial charge is 0.342 e. The van der Waals surface area contributed by atoms with E-state index in [1.165, 1.54) is 17.5 Å². The van der Waals surface area contributed by atoms with Crippen molar-refractivity contribution in [2.75, 3.05) is 0 Å². The number of carbonyl (C=O) groups excluding carboxylic acids is 1. The average molecular weight is 304 g/mol. The molecule has 0 unspecified atom stereocenters. The fourth-order valence-corrected chi connectivity index (χ4v) is 2.36. The van der Waals surface area contributed by atoms with Crippen molar-refractivity contribution in [1.29, 1.82) is 0 Å². The largest absolute Gasteiger partial charge is 0.454 e. The van der Waals surface area contributed by atoms with Gasteiger partial charge in [-0.2, -0.15) is 10.1 Å². The van der Waals surface area contributed by atoms with E-state index in [4.69, 9.17) is 9.26 Å². The zero-order chi connectivity index (χ0) is 14.8. The van der Waals surface area contributed by atoms with E-state index in [-0.39, 0.29) is 6.61 Å². The molecule has 8 heteroatoms. The number of hydrogen-bond donors (Lipinski definition) is 0. The number of carbonyl (C=O) groups is 1. The van der Waals surface area contributed by atoms with Gasteiger partial charge in [0.2, 0.25) is 5.82 Å². The van der Waals surface area contributed by atoms with Crippen LogP contribution in [-0.4, -0.2) is 25.9 Å². The average Bonchev–Trinajstić information content (AvgIpc) is 3.19. The van der Waals surface area contributed by atoms with Crippen molar-refractivity contribution in [1.82, 2.24) is 19.9 Å². The van der Waals surface area contributed by atoms with Gasteiger partial charge in [-0.15, -0.1) is 11.3 Å². The van der Waals surface area contributed by atoms with Crippen LogP contribution < -0.4 is 0 Å². The number of ether oxygens (including phenoxy) is 1. The Hall–Kier alpha value is -2.48. The molecule has 3 aromatic rings. The minimum absolute atomic E-state index is 0.0396. The quantitative estimate of drug-likeness (QED) is 0.687. The van der Waals surface area contributed by atoms with Gasteiger partial charge < -0.3 is 9.26 Å². The van der Waals surface area contributed by atoms with Gasteiger partial charge in [-0.3, -0.25) is 4.68 Å². The maximum Gasteiger partial charge on any atom is 0.342 e. The summed E-state index contributed by atoms with van der Waals surface area (Å²) in [6.45, 7) is 1.76. The highest BCUT2D eigenvalue weighted by Crippen LogP contribution is 2.22. The van der Waals surface area contributed by atoms with Crippen molar-refractivity contribution in [3.8, 4) is 10.8 Å². The Morgan fingerprint density at radius 3 is 3.05 bits per heavy atom. The van der Waals surface area contributed by atoms with E-state index in [2.05, 4.69) is 15.2 Å². The van der Waals surface area contributed by atoms with E-state index in [1.807, 2.05) is 17.5 Å². The molecular weight excluding hydrogens is 292 g/mol. The maximum atomic E-state index is 11.9. The lowest BCUT2D eigenvalue weighted by molar-refractivity contribution is 0.0458. The number of rotatable bonds is 4. The maximum absolute atomic E-state index is 11.9. The van der Waals surface area contributed by atoms with Crippen molar-refractivity contribution >= 4 is 17.3 Å². The summed E-state index contributed by atoms with van der Waals surface area (Å²) in [6.07, 6.45) is 1.48. The third kappa shape index (κ3) is 2.70. The number of thiophene rings is 1. The first-order valence-corrected chi connectivity index (χ1v) is 7.05. The van der Waals surface area contributed by atoms with E-state index in [1.54, 1.807) is 18.7 Å². The van der Waals surface area contributed by atoms with Crippen LogP contribution in [0, 0.1) is 6.92 Å². The summed E-state index contributed by atoms with van der Waals surface area (Å²) >= 11 is 1.50. The summed E-state index contributed by atoms with van der Waals surface area (Å²) in [4.78, 5) is 17.0. The van der Waals surface area contributed by atoms with E-state index in [9.17, 15) is 4.79 Å². The van der Waals surface area contributed by atoms with Gasteiger partial charge in [-0.05, 0) is 18.4 Å². The molecule has 0 aliphatic rings. The Morgan fingerprint density at radius 2 is 2.38 bits per heavy atom. The van der Waals surface area contributed by atoms with E-state index in [0.29, 0.717) is 17.3 Å². The summed E-state index contributed by atoms with van der Waals surface area (Å²) in [5.41, 5.74) is 1.17. The van der Waals surface area contributed by atoms with E-state index < -0.39 is 5.97 Å². The van der Waals surface area contributed by atoms with Gasteiger partial charge in [0, 0.05) is 12.7 Å². The second-order valence-corrected chi connectivity index (χ2v) is 5.28. The van der Waals surface area contributed by atoms with Crippen molar-refractivity contribution < 1.29 is 14.1 Å². The first kappa shape index (κ1) is 13.5. The summed E-state index contributed by atoms with van der Waals surface area (Å²) in [7, 11) is 1.76. The van der Waals surface area contributed by atoms with Gasteiger partial charge in [-0.1, -0.05) is 11.2 Å². The molecule has 0 saturated carbocycles. The van der Waals surface area contributed by atoms with Gasteiger partial charge in [0.15, 0.2) is 6.61 Å². The fourth-order valence-electron chi connectivity index (χ4n) is 1.72. The van der Waals surface area contributed by atoms with Crippen LogP contribution in [0.4, 0.5) is 0 Å². The molecule has 0 aliphatic carbocycles. The summed E-state index contributed by atoms with van der Waals surface area (Å²) in [5.74, 6) is 0.296. The molecule has 0 saturated heterocycles. The Balaban J connectivity index is 1.65. The topological polar surface area (TPSA) is 83.0 Å². The second kappa shape index (κ2) is 5.49. The van der Waals surface area contributed by atoms with Crippen LogP contribution in [0.25, 0.3) is 10.8 Å². The van der Waals surface area contributed by atoms with E-state index in [0.717, 1.165) is 10.6 Å². The SMILES string of the molecule is Cc1c(C(=O)OCc2noc(-c3cccs3)n2)cnn1C. The van der Waals surface area contributed by atoms with Crippen molar-refractivity contribution in [2.45, 2.75) is 13.5 Å². The molecule has 0 aliphatic heterocycles. The number of esters is 1. The lowest BCUT2D eigenvalue weighted by Gasteiger charge is -2.01. The predicted octanol–water partition coefficient (Wildman–Crippen LogP) is 2.20. The minimum atomic E-state index is -0.455. The zero-order valence-corrected chi connectivity index (χ0v) is 12.3. The van der Waals surface area contributed by atoms with Gasteiger partial charge >= 0.3 is 5.97 Å². The first-order valence-electron chi connectivity index (χ1n) is 6.17. The van der Waals surface area contributed by atoms with Gasteiger partial charge in [0.05, 0.1) is 11.1 Å². The van der Waals surface area contributed by atoms with Crippen molar-refractivity contribution in [3.05, 3.63) is 40.8 Å². The van der Waals surface area contributed by atoms with Crippen LogP contribution in [0.5, 0.6) is 0 Å². The molecule has 3 rings (SSSR count). The van der Waals surface area contributed by atoms with Gasteiger partial charge in [-0.25, -0.2) is 4.79 Å². The molecule has 21 heavy (non-hydrogen) atoms. The Labute approximate surface area is 124 Å². The minimum Gasteiger partial charge on any atom is -0.454 e.